The Morgan fingerprint density at radius 3 is 2.83 bits per heavy atom. The third-order valence-electron chi connectivity index (χ3n) is 4.92. The average molecular weight is 311 g/mol. The first-order valence-electron chi connectivity index (χ1n) is 7.67. The first-order valence-corrected chi connectivity index (χ1v) is 7.67. The summed E-state index contributed by atoms with van der Waals surface area (Å²) < 4.78 is 5.13. The molecule has 1 unspecified atom stereocenters. The van der Waals surface area contributed by atoms with Gasteiger partial charge in [-0.25, -0.2) is 4.79 Å². The smallest absolute Gasteiger partial charge is 0.325 e. The lowest BCUT2D eigenvalue weighted by Gasteiger charge is -2.22. The van der Waals surface area contributed by atoms with Crippen LogP contribution in [0.3, 0.4) is 0 Å². The highest BCUT2D eigenvalue weighted by Gasteiger charge is 2.55. The Morgan fingerprint density at radius 1 is 1.30 bits per heavy atom. The molecule has 1 fully saturated rings. The van der Waals surface area contributed by atoms with E-state index in [9.17, 15) is 9.59 Å². The Kier molecular flexibility index (Phi) is 2.85. The summed E-state index contributed by atoms with van der Waals surface area (Å²) in [5.41, 5.74) is 2.62. The summed E-state index contributed by atoms with van der Waals surface area (Å²) in [5, 5.41) is 6.81. The SMILES string of the molecule is Cc1noc(C)c1CN1C(=O)NC2(CCc3ccccc32)C1=O. The van der Waals surface area contributed by atoms with Crippen LogP contribution in [0, 0.1) is 13.8 Å². The lowest BCUT2D eigenvalue weighted by atomic mass is 9.92. The number of hydrogen-bond donors (Lipinski definition) is 1. The van der Waals surface area contributed by atoms with Crippen molar-refractivity contribution in [3.63, 3.8) is 0 Å². The molecule has 118 valence electrons. The van der Waals surface area contributed by atoms with Crippen molar-refractivity contribution in [1.82, 2.24) is 15.4 Å². The highest BCUT2D eigenvalue weighted by atomic mass is 16.5. The van der Waals surface area contributed by atoms with Gasteiger partial charge in [-0.15, -0.1) is 0 Å². The van der Waals surface area contributed by atoms with Gasteiger partial charge in [0, 0.05) is 5.56 Å². The molecular weight excluding hydrogens is 294 g/mol. The molecule has 1 spiro atoms. The molecule has 4 rings (SSSR count). The van der Waals surface area contributed by atoms with Crippen molar-refractivity contribution in [3.05, 3.63) is 52.4 Å². The van der Waals surface area contributed by atoms with Gasteiger partial charge in [0.15, 0.2) is 0 Å². The number of benzene rings is 1. The molecule has 6 heteroatoms. The molecule has 1 aromatic heterocycles. The molecule has 3 amide bonds. The maximum atomic E-state index is 13.0. The number of urea groups is 1. The lowest BCUT2D eigenvalue weighted by molar-refractivity contribution is -0.132. The number of carbonyl (C=O) groups is 2. The molecule has 1 aliphatic heterocycles. The first-order chi connectivity index (χ1) is 11.0. The molecular formula is C17H17N3O3. The summed E-state index contributed by atoms with van der Waals surface area (Å²) in [6.45, 7) is 3.79. The molecule has 0 radical (unpaired) electrons. The molecule has 6 nitrogen and oxygen atoms in total. The Morgan fingerprint density at radius 2 is 2.09 bits per heavy atom. The predicted octanol–water partition coefficient (Wildman–Crippen LogP) is 2.18. The molecule has 23 heavy (non-hydrogen) atoms. The number of imide groups is 1. The Hall–Kier alpha value is -2.63. The molecule has 1 atom stereocenters. The topological polar surface area (TPSA) is 75.4 Å². The van der Waals surface area contributed by atoms with Crippen LogP contribution in [-0.4, -0.2) is 22.0 Å². The molecule has 1 N–H and O–H groups in total. The standard InChI is InChI=1S/C17H17N3O3/c1-10-13(11(2)23-19-10)9-20-15(21)17(18-16(20)22)8-7-12-5-3-4-6-14(12)17/h3-6H,7-9H2,1-2H3,(H,18,22). The Balaban J connectivity index is 1.71. The average Bonchev–Trinajstić information content (AvgIpc) is 3.14. The van der Waals surface area contributed by atoms with Crippen LogP contribution in [0.2, 0.25) is 0 Å². The van der Waals surface area contributed by atoms with Crippen molar-refractivity contribution in [2.45, 2.75) is 38.8 Å². The van der Waals surface area contributed by atoms with Crippen LogP contribution in [0.15, 0.2) is 28.8 Å². The van der Waals surface area contributed by atoms with Crippen LogP contribution >= 0.6 is 0 Å². The lowest BCUT2D eigenvalue weighted by Crippen LogP contribution is -2.41. The van der Waals surface area contributed by atoms with Crippen molar-refractivity contribution in [3.8, 4) is 0 Å². The number of nitrogens with zero attached hydrogens (tertiary/aromatic N) is 2. The van der Waals surface area contributed by atoms with Gasteiger partial charge in [0.2, 0.25) is 0 Å². The zero-order chi connectivity index (χ0) is 16.2. The minimum atomic E-state index is -0.910. The van der Waals surface area contributed by atoms with Gasteiger partial charge in [-0.2, -0.15) is 0 Å². The molecule has 2 heterocycles. The van der Waals surface area contributed by atoms with E-state index in [4.69, 9.17) is 4.52 Å². The van der Waals surface area contributed by atoms with Crippen molar-refractivity contribution >= 4 is 11.9 Å². The van der Waals surface area contributed by atoms with E-state index in [-0.39, 0.29) is 18.5 Å². The maximum Gasteiger partial charge on any atom is 0.325 e. The summed E-state index contributed by atoms with van der Waals surface area (Å²) in [5.74, 6) is 0.448. The van der Waals surface area contributed by atoms with Gasteiger partial charge in [0.05, 0.1) is 12.2 Å². The fraction of sp³-hybridized carbons (Fsp3) is 0.353. The van der Waals surface area contributed by atoms with Gasteiger partial charge >= 0.3 is 6.03 Å². The number of rotatable bonds is 2. The van der Waals surface area contributed by atoms with Gasteiger partial charge in [0.25, 0.3) is 5.91 Å². The zero-order valence-electron chi connectivity index (χ0n) is 13.0. The first kappa shape index (κ1) is 14.0. The van der Waals surface area contributed by atoms with Crippen LogP contribution < -0.4 is 5.32 Å². The molecule has 2 aromatic rings. The van der Waals surface area contributed by atoms with Crippen molar-refractivity contribution in [1.29, 1.82) is 0 Å². The molecule has 0 saturated carbocycles. The summed E-state index contributed by atoms with van der Waals surface area (Å²) in [7, 11) is 0. The van der Waals surface area contributed by atoms with Crippen LogP contribution in [-0.2, 0) is 23.3 Å². The van der Waals surface area contributed by atoms with E-state index < -0.39 is 5.54 Å². The number of amides is 3. The molecule has 1 saturated heterocycles. The minimum absolute atomic E-state index is 0.188. The van der Waals surface area contributed by atoms with E-state index >= 15 is 0 Å². The second-order valence-electron chi connectivity index (χ2n) is 6.19. The molecule has 0 bridgehead atoms. The second-order valence-corrected chi connectivity index (χ2v) is 6.19. The van der Waals surface area contributed by atoms with E-state index in [2.05, 4.69) is 10.5 Å². The van der Waals surface area contributed by atoms with E-state index in [1.807, 2.05) is 31.2 Å². The van der Waals surface area contributed by atoms with Crippen LogP contribution in [0.4, 0.5) is 4.79 Å². The highest BCUT2D eigenvalue weighted by molar-refractivity contribution is 6.08. The van der Waals surface area contributed by atoms with Crippen molar-refractivity contribution in [2.24, 2.45) is 0 Å². The summed E-state index contributed by atoms with van der Waals surface area (Å²) in [6.07, 6.45) is 1.40. The Bertz CT molecular complexity index is 807. The van der Waals surface area contributed by atoms with Crippen LogP contribution in [0.5, 0.6) is 0 Å². The third kappa shape index (κ3) is 1.84. The van der Waals surface area contributed by atoms with E-state index in [1.165, 1.54) is 4.90 Å². The predicted molar refractivity (Wildman–Crippen MR) is 81.5 cm³/mol. The molecule has 2 aliphatic rings. The van der Waals surface area contributed by atoms with E-state index in [0.717, 1.165) is 23.1 Å². The van der Waals surface area contributed by atoms with Crippen LogP contribution in [0.25, 0.3) is 0 Å². The third-order valence-corrected chi connectivity index (χ3v) is 4.92. The quantitative estimate of drug-likeness (QED) is 0.863. The van der Waals surface area contributed by atoms with Gasteiger partial charge in [-0.3, -0.25) is 9.69 Å². The zero-order valence-corrected chi connectivity index (χ0v) is 13.0. The fourth-order valence-electron chi connectivity index (χ4n) is 3.62. The van der Waals surface area contributed by atoms with Gasteiger partial charge in [-0.1, -0.05) is 29.4 Å². The maximum absolute atomic E-state index is 13.0. The second kappa shape index (κ2) is 4.68. The number of fused-ring (bicyclic) bond motifs is 2. The summed E-state index contributed by atoms with van der Waals surface area (Å²) in [6, 6.07) is 7.45. The minimum Gasteiger partial charge on any atom is -0.361 e. The Labute approximate surface area is 133 Å². The van der Waals surface area contributed by atoms with E-state index in [1.54, 1.807) is 6.92 Å². The summed E-state index contributed by atoms with van der Waals surface area (Å²) in [4.78, 5) is 26.8. The number of aromatic nitrogens is 1. The molecule has 1 aromatic carbocycles. The van der Waals surface area contributed by atoms with Gasteiger partial charge < -0.3 is 9.84 Å². The fourth-order valence-corrected chi connectivity index (χ4v) is 3.62. The monoisotopic (exact) mass is 311 g/mol. The normalized spacial score (nSPS) is 22.8. The molecule has 1 aliphatic carbocycles. The van der Waals surface area contributed by atoms with Crippen molar-refractivity contribution < 1.29 is 14.1 Å². The summed E-state index contributed by atoms with van der Waals surface area (Å²) >= 11 is 0. The number of aryl methyl sites for hydroxylation is 3. The van der Waals surface area contributed by atoms with Gasteiger partial charge in [-0.05, 0) is 37.8 Å². The van der Waals surface area contributed by atoms with E-state index in [0.29, 0.717) is 17.9 Å². The largest absolute Gasteiger partial charge is 0.361 e. The van der Waals surface area contributed by atoms with Crippen molar-refractivity contribution in [2.75, 3.05) is 0 Å². The van der Waals surface area contributed by atoms with Gasteiger partial charge in [0.1, 0.15) is 11.3 Å². The number of carbonyl (C=O) groups excluding carboxylic acids is 2. The number of hydrogen-bond acceptors (Lipinski definition) is 4. The number of nitrogens with one attached hydrogen (secondary N) is 1. The highest BCUT2D eigenvalue weighted by Crippen LogP contribution is 2.41. The van der Waals surface area contributed by atoms with Crippen LogP contribution in [0.1, 0.15) is 34.6 Å².